The highest BCUT2D eigenvalue weighted by molar-refractivity contribution is 6.09. The van der Waals surface area contributed by atoms with Gasteiger partial charge < -0.3 is 4.98 Å². The van der Waals surface area contributed by atoms with Crippen LogP contribution in [-0.4, -0.2) is 10.9 Å². The number of aryl methyl sites for hydroxylation is 1. The Morgan fingerprint density at radius 2 is 2.20 bits per heavy atom. The second-order valence-electron chi connectivity index (χ2n) is 6.30. The maximum absolute atomic E-state index is 13.7. The molecule has 20 heavy (non-hydrogen) atoms. The Morgan fingerprint density at radius 1 is 1.40 bits per heavy atom. The van der Waals surface area contributed by atoms with E-state index in [4.69, 9.17) is 0 Å². The van der Waals surface area contributed by atoms with Gasteiger partial charge in [-0.3, -0.25) is 4.79 Å². The zero-order valence-corrected chi connectivity index (χ0v) is 11.3. The van der Waals surface area contributed by atoms with E-state index in [1.807, 2.05) is 0 Å². The number of benzene rings is 1. The molecule has 1 aliphatic heterocycles. The molecular weight excluding hydrogens is 257 g/mol. The Balaban J connectivity index is 2.17. The number of carbonyl (C=O) groups is 1. The second-order valence-corrected chi connectivity index (χ2v) is 6.30. The van der Waals surface area contributed by atoms with Crippen LogP contribution in [0.15, 0.2) is 22.4 Å². The van der Waals surface area contributed by atoms with E-state index >= 15 is 0 Å². The van der Waals surface area contributed by atoms with Crippen molar-refractivity contribution in [3.05, 3.63) is 34.8 Å². The fourth-order valence-corrected chi connectivity index (χ4v) is 3.40. The number of H-pyrrole nitrogens is 1. The summed E-state index contributed by atoms with van der Waals surface area (Å²) in [6.45, 7) is 4.27. The maximum atomic E-state index is 13.7. The Morgan fingerprint density at radius 3 is 3.00 bits per heavy atom. The summed E-state index contributed by atoms with van der Waals surface area (Å²) < 4.78 is 13.7. The molecule has 4 nitrogen and oxygen atoms in total. The normalized spacial score (nSPS) is 23.1. The number of nitrogens with zero attached hydrogens (tertiary/aromatic N) is 2. The Hall–Kier alpha value is -2.04. The van der Waals surface area contributed by atoms with Gasteiger partial charge in [0.15, 0.2) is 0 Å². The van der Waals surface area contributed by atoms with Crippen LogP contribution in [0.4, 0.5) is 4.39 Å². The Labute approximate surface area is 115 Å². The number of halogens is 1. The number of aromatic amines is 1. The van der Waals surface area contributed by atoms with E-state index < -0.39 is 11.7 Å². The molecule has 1 N–H and O–H groups in total. The molecule has 0 fully saturated rings. The first kappa shape index (κ1) is 11.8. The lowest BCUT2D eigenvalue weighted by molar-refractivity contribution is 0.0991. The number of azo groups is 1. The fourth-order valence-electron chi connectivity index (χ4n) is 3.40. The number of aromatic nitrogens is 1. The number of rotatable bonds is 0. The molecule has 2 aromatic rings. The average Bonchev–Trinajstić information content (AvgIpc) is 2.65. The van der Waals surface area contributed by atoms with Crippen LogP contribution in [-0.2, 0) is 6.42 Å². The highest BCUT2D eigenvalue weighted by Crippen LogP contribution is 2.50. The van der Waals surface area contributed by atoms with Gasteiger partial charge in [0.2, 0.25) is 0 Å². The minimum absolute atomic E-state index is 0.0537. The summed E-state index contributed by atoms with van der Waals surface area (Å²) in [7, 11) is 0. The molecule has 1 unspecified atom stereocenters. The minimum Gasteiger partial charge on any atom is -0.358 e. The van der Waals surface area contributed by atoms with Gasteiger partial charge in [-0.15, -0.1) is 5.11 Å². The van der Waals surface area contributed by atoms with E-state index in [2.05, 4.69) is 29.1 Å². The highest BCUT2D eigenvalue weighted by Gasteiger charge is 2.41. The summed E-state index contributed by atoms with van der Waals surface area (Å²) in [5, 5.41) is 8.87. The first-order valence-corrected chi connectivity index (χ1v) is 6.76. The van der Waals surface area contributed by atoms with Gasteiger partial charge in [0.1, 0.15) is 11.9 Å². The lowest BCUT2D eigenvalue weighted by Gasteiger charge is -2.35. The molecule has 2 aliphatic rings. The molecule has 1 atom stereocenters. The SMILES string of the molecule is CC1(C)CCc2[nH]c3cc(F)cc4c3c2C1N=NC4=O. The summed E-state index contributed by atoms with van der Waals surface area (Å²) in [5.41, 5.74) is 3.03. The number of amides is 1. The molecule has 0 saturated heterocycles. The first-order valence-electron chi connectivity index (χ1n) is 6.76. The molecule has 2 heterocycles. The molecule has 4 rings (SSSR count). The number of carbonyl (C=O) groups excluding carboxylic acids is 1. The zero-order valence-electron chi connectivity index (χ0n) is 11.3. The number of nitrogens with one attached hydrogen (secondary N) is 1. The van der Waals surface area contributed by atoms with Crippen molar-refractivity contribution in [3.8, 4) is 0 Å². The smallest absolute Gasteiger partial charge is 0.295 e. The summed E-state index contributed by atoms with van der Waals surface area (Å²) >= 11 is 0. The van der Waals surface area contributed by atoms with E-state index in [0.29, 0.717) is 11.1 Å². The minimum atomic E-state index is -0.457. The maximum Gasteiger partial charge on any atom is 0.295 e. The molecule has 0 saturated carbocycles. The van der Waals surface area contributed by atoms with Crippen molar-refractivity contribution < 1.29 is 9.18 Å². The molecule has 0 spiro atoms. The van der Waals surface area contributed by atoms with E-state index in [0.717, 1.165) is 29.5 Å². The Bertz CT molecular complexity index is 788. The van der Waals surface area contributed by atoms with Gasteiger partial charge in [-0.2, -0.15) is 5.11 Å². The van der Waals surface area contributed by atoms with E-state index in [-0.39, 0.29) is 11.5 Å². The van der Waals surface area contributed by atoms with Crippen molar-refractivity contribution >= 4 is 16.8 Å². The van der Waals surface area contributed by atoms with Crippen LogP contribution in [0.1, 0.15) is 47.9 Å². The molecule has 1 amide bonds. The van der Waals surface area contributed by atoms with Crippen LogP contribution in [0.25, 0.3) is 10.9 Å². The van der Waals surface area contributed by atoms with E-state index in [1.165, 1.54) is 12.1 Å². The molecule has 102 valence electrons. The van der Waals surface area contributed by atoms with E-state index in [1.54, 1.807) is 0 Å². The molecule has 0 radical (unpaired) electrons. The van der Waals surface area contributed by atoms with Crippen LogP contribution < -0.4 is 0 Å². The third kappa shape index (κ3) is 1.38. The van der Waals surface area contributed by atoms with Crippen molar-refractivity contribution in [1.82, 2.24) is 4.98 Å². The monoisotopic (exact) mass is 271 g/mol. The van der Waals surface area contributed by atoms with Crippen molar-refractivity contribution in [1.29, 1.82) is 0 Å². The number of hydrogen-bond donors (Lipinski definition) is 1. The van der Waals surface area contributed by atoms with Gasteiger partial charge >= 0.3 is 0 Å². The summed E-state index contributed by atoms with van der Waals surface area (Å²) in [6, 6.07) is 2.57. The Kier molecular flexibility index (Phi) is 2.08. The largest absolute Gasteiger partial charge is 0.358 e. The predicted molar refractivity (Wildman–Crippen MR) is 72.3 cm³/mol. The van der Waals surface area contributed by atoms with Crippen LogP contribution >= 0.6 is 0 Å². The highest BCUT2D eigenvalue weighted by atomic mass is 19.1. The van der Waals surface area contributed by atoms with Crippen LogP contribution in [0.2, 0.25) is 0 Å². The molecule has 1 aromatic heterocycles. The first-order chi connectivity index (χ1) is 9.47. The standard InChI is InChI=1S/C15H14FN3O/c1-15(2)4-3-9-12-11-8(14(20)19-18-13(12)15)5-7(16)6-10(11)17-9/h5-6,13,17H,3-4H2,1-2H3. The van der Waals surface area contributed by atoms with Crippen molar-refractivity contribution in [2.75, 3.05) is 0 Å². The lowest BCUT2D eigenvalue weighted by Crippen LogP contribution is -2.26. The average molecular weight is 271 g/mol. The third-order valence-electron chi connectivity index (χ3n) is 4.51. The van der Waals surface area contributed by atoms with Gasteiger partial charge in [0, 0.05) is 22.2 Å². The second kappa shape index (κ2) is 3.53. The van der Waals surface area contributed by atoms with Crippen LogP contribution in [0.3, 0.4) is 0 Å². The predicted octanol–water partition coefficient (Wildman–Crippen LogP) is 3.93. The topological polar surface area (TPSA) is 57.6 Å². The van der Waals surface area contributed by atoms with Gasteiger partial charge in [-0.25, -0.2) is 4.39 Å². The molecule has 0 bridgehead atoms. The molecule has 5 heteroatoms. The molecule has 1 aliphatic carbocycles. The quantitative estimate of drug-likeness (QED) is 0.775. The molecular formula is C15H14FN3O. The van der Waals surface area contributed by atoms with Gasteiger partial charge in [-0.1, -0.05) is 13.8 Å². The third-order valence-corrected chi connectivity index (χ3v) is 4.51. The molecule has 1 aromatic carbocycles. The van der Waals surface area contributed by atoms with Crippen molar-refractivity contribution in [2.24, 2.45) is 15.6 Å². The van der Waals surface area contributed by atoms with Gasteiger partial charge in [0.05, 0.1) is 5.56 Å². The van der Waals surface area contributed by atoms with Crippen molar-refractivity contribution in [3.63, 3.8) is 0 Å². The lowest BCUT2D eigenvalue weighted by atomic mass is 9.72. The van der Waals surface area contributed by atoms with E-state index in [9.17, 15) is 9.18 Å². The van der Waals surface area contributed by atoms with Gasteiger partial charge in [0.25, 0.3) is 5.91 Å². The summed E-state index contributed by atoms with van der Waals surface area (Å²) in [5.74, 6) is -0.881. The summed E-state index contributed by atoms with van der Waals surface area (Å²) in [6.07, 6.45) is 1.85. The van der Waals surface area contributed by atoms with Gasteiger partial charge in [-0.05, 0) is 30.4 Å². The van der Waals surface area contributed by atoms with Crippen molar-refractivity contribution in [2.45, 2.75) is 32.7 Å². The van der Waals surface area contributed by atoms with Crippen LogP contribution in [0, 0.1) is 11.2 Å². The summed E-state index contributed by atoms with van der Waals surface area (Å²) in [4.78, 5) is 15.4. The van der Waals surface area contributed by atoms with Crippen LogP contribution in [0.5, 0.6) is 0 Å². The fraction of sp³-hybridized carbons (Fsp3) is 0.400. The number of hydrogen-bond acceptors (Lipinski definition) is 2. The zero-order chi connectivity index (χ0) is 14.1.